The fraction of sp³-hybridized carbons (Fsp3) is 0.286. The number of amides is 1. The number of carbonyl (C=O) groups excluding carboxylic acids is 1. The Morgan fingerprint density at radius 3 is 2.56 bits per heavy atom. The molecule has 1 fully saturated rings. The lowest BCUT2D eigenvalue weighted by atomic mass is 9.90. The zero-order valence-corrected chi connectivity index (χ0v) is 15.3. The summed E-state index contributed by atoms with van der Waals surface area (Å²) in [5, 5.41) is 9.37. The van der Waals surface area contributed by atoms with E-state index in [1.165, 1.54) is 0 Å². The third-order valence-electron chi connectivity index (χ3n) is 5.36. The molecular weight excluding hydrogens is 342 g/mol. The summed E-state index contributed by atoms with van der Waals surface area (Å²) in [6.07, 6.45) is 0.470. The number of aliphatic carboxylic acids is 1. The van der Waals surface area contributed by atoms with Gasteiger partial charge in [0.1, 0.15) is 5.82 Å². The minimum Gasteiger partial charge on any atom is -0.481 e. The molecule has 4 rings (SSSR count). The Balaban J connectivity index is 1.67. The molecule has 0 spiro atoms. The number of benzene rings is 2. The standard InChI is InChI=1S/C21H21N3O3/c1-14-22-17-12-15(19(25)23-11-10-21(2,13-23)20(26)27)8-9-18(17)24(14)16-6-4-3-5-7-16/h3-9,12H,10-11,13H2,1-2H3,(H,26,27). The van der Waals surface area contributed by atoms with Crippen LogP contribution >= 0.6 is 0 Å². The Morgan fingerprint density at radius 1 is 1.15 bits per heavy atom. The third-order valence-corrected chi connectivity index (χ3v) is 5.36. The van der Waals surface area contributed by atoms with Crippen molar-refractivity contribution < 1.29 is 14.7 Å². The van der Waals surface area contributed by atoms with Crippen LogP contribution in [0.4, 0.5) is 0 Å². The van der Waals surface area contributed by atoms with Crippen molar-refractivity contribution in [3.8, 4) is 5.69 Å². The molecular formula is C21H21N3O3. The van der Waals surface area contributed by atoms with E-state index in [1.807, 2.05) is 43.3 Å². The smallest absolute Gasteiger partial charge is 0.311 e. The van der Waals surface area contributed by atoms with Gasteiger partial charge in [-0.3, -0.25) is 14.2 Å². The van der Waals surface area contributed by atoms with Gasteiger partial charge in [0.25, 0.3) is 5.91 Å². The maximum Gasteiger partial charge on any atom is 0.311 e. The normalized spacial score (nSPS) is 19.6. The van der Waals surface area contributed by atoms with Crippen molar-refractivity contribution in [3.05, 3.63) is 59.9 Å². The van der Waals surface area contributed by atoms with Crippen LogP contribution in [0.25, 0.3) is 16.7 Å². The van der Waals surface area contributed by atoms with Gasteiger partial charge in [0, 0.05) is 24.3 Å². The van der Waals surface area contributed by atoms with E-state index in [0.717, 1.165) is 22.5 Å². The summed E-state index contributed by atoms with van der Waals surface area (Å²) in [6.45, 7) is 4.32. The summed E-state index contributed by atoms with van der Waals surface area (Å²) in [6, 6.07) is 15.4. The molecule has 1 aliphatic heterocycles. The molecule has 2 heterocycles. The number of hydrogen-bond donors (Lipinski definition) is 1. The van der Waals surface area contributed by atoms with Crippen molar-refractivity contribution in [3.63, 3.8) is 0 Å². The molecule has 3 aromatic rings. The molecule has 1 atom stereocenters. The lowest BCUT2D eigenvalue weighted by Gasteiger charge is -2.20. The highest BCUT2D eigenvalue weighted by Crippen LogP contribution is 2.31. The van der Waals surface area contributed by atoms with Gasteiger partial charge in [0.15, 0.2) is 0 Å². The Morgan fingerprint density at radius 2 is 1.89 bits per heavy atom. The van der Waals surface area contributed by atoms with E-state index in [4.69, 9.17) is 0 Å². The summed E-state index contributed by atoms with van der Waals surface area (Å²) in [5.41, 5.74) is 2.38. The molecule has 2 aromatic carbocycles. The molecule has 0 bridgehead atoms. The summed E-state index contributed by atoms with van der Waals surface area (Å²) in [7, 11) is 0. The van der Waals surface area contributed by atoms with Crippen LogP contribution < -0.4 is 0 Å². The first-order valence-corrected chi connectivity index (χ1v) is 8.96. The molecule has 6 heteroatoms. The highest BCUT2D eigenvalue weighted by molar-refractivity contribution is 5.98. The number of carboxylic acid groups (broad SMARTS) is 1. The quantitative estimate of drug-likeness (QED) is 0.775. The van der Waals surface area contributed by atoms with E-state index in [1.54, 1.807) is 24.0 Å². The van der Waals surface area contributed by atoms with Crippen LogP contribution in [0, 0.1) is 12.3 Å². The SMILES string of the molecule is Cc1nc2cc(C(=O)N3CCC(C)(C(=O)O)C3)ccc2n1-c1ccccc1. The number of carboxylic acids is 1. The monoisotopic (exact) mass is 363 g/mol. The minimum atomic E-state index is -0.870. The maximum absolute atomic E-state index is 12.9. The zero-order chi connectivity index (χ0) is 19.2. The molecule has 1 unspecified atom stereocenters. The first-order chi connectivity index (χ1) is 12.9. The van der Waals surface area contributed by atoms with Crippen LogP contribution in [0.15, 0.2) is 48.5 Å². The second kappa shape index (κ2) is 6.23. The van der Waals surface area contributed by atoms with Crippen LogP contribution in [0.5, 0.6) is 0 Å². The second-order valence-electron chi connectivity index (χ2n) is 7.38. The molecule has 1 saturated heterocycles. The first kappa shape index (κ1) is 17.3. The Kier molecular flexibility index (Phi) is 3.98. The maximum atomic E-state index is 12.9. The van der Waals surface area contributed by atoms with Gasteiger partial charge in [-0.1, -0.05) is 18.2 Å². The van der Waals surface area contributed by atoms with Gasteiger partial charge in [0.05, 0.1) is 16.4 Å². The number of likely N-dealkylation sites (tertiary alicyclic amines) is 1. The number of carbonyl (C=O) groups is 2. The number of hydrogen-bond acceptors (Lipinski definition) is 3. The van der Waals surface area contributed by atoms with Crippen molar-refractivity contribution in [2.45, 2.75) is 20.3 Å². The molecule has 1 amide bonds. The fourth-order valence-corrected chi connectivity index (χ4v) is 3.73. The zero-order valence-electron chi connectivity index (χ0n) is 15.3. The molecule has 1 aromatic heterocycles. The number of aryl methyl sites for hydroxylation is 1. The largest absolute Gasteiger partial charge is 0.481 e. The van der Waals surface area contributed by atoms with E-state index in [-0.39, 0.29) is 12.5 Å². The molecule has 6 nitrogen and oxygen atoms in total. The molecule has 1 aliphatic rings. The average molecular weight is 363 g/mol. The van der Waals surface area contributed by atoms with Gasteiger partial charge in [-0.15, -0.1) is 0 Å². The predicted molar refractivity (Wildman–Crippen MR) is 102 cm³/mol. The topological polar surface area (TPSA) is 75.4 Å². The van der Waals surface area contributed by atoms with Gasteiger partial charge in [0.2, 0.25) is 0 Å². The summed E-state index contributed by atoms with van der Waals surface area (Å²) >= 11 is 0. The average Bonchev–Trinajstić information content (AvgIpc) is 3.21. The number of para-hydroxylation sites is 1. The molecule has 1 N–H and O–H groups in total. The van der Waals surface area contributed by atoms with Gasteiger partial charge < -0.3 is 10.0 Å². The van der Waals surface area contributed by atoms with Gasteiger partial charge >= 0.3 is 5.97 Å². The Hall–Kier alpha value is -3.15. The van der Waals surface area contributed by atoms with Crippen LogP contribution in [-0.2, 0) is 4.79 Å². The molecule has 0 aliphatic carbocycles. The molecule has 0 radical (unpaired) electrons. The van der Waals surface area contributed by atoms with Gasteiger partial charge in [-0.05, 0) is 50.6 Å². The number of fused-ring (bicyclic) bond motifs is 1. The van der Waals surface area contributed by atoms with Crippen LogP contribution in [0.1, 0.15) is 29.5 Å². The van der Waals surface area contributed by atoms with Crippen molar-refractivity contribution in [1.82, 2.24) is 14.5 Å². The molecule has 0 saturated carbocycles. The van der Waals surface area contributed by atoms with Crippen molar-refractivity contribution >= 4 is 22.9 Å². The highest BCUT2D eigenvalue weighted by Gasteiger charge is 2.42. The fourth-order valence-electron chi connectivity index (χ4n) is 3.73. The first-order valence-electron chi connectivity index (χ1n) is 8.96. The summed E-state index contributed by atoms with van der Waals surface area (Å²) in [5.74, 6) is -0.153. The predicted octanol–water partition coefficient (Wildman–Crippen LogP) is 3.27. The molecule has 138 valence electrons. The van der Waals surface area contributed by atoms with E-state index in [0.29, 0.717) is 18.5 Å². The van der Waals surface area contributed by atoms with Crippen molar-refractivity contribution in [2.24, 2.45) is 5.41 Å². The van der Waals surface area contributed by atoms with E-state index >= 15 is 0 Å². The highest BCUT2D eigenvalue weighted by atomic mass is 16.4. The number of aromatic nitrogens is 2. The van der Waals surface area contributed by atoms with E-state index < -0.39 is 11.4 Å². The molecule has 27 heavy (non-hydrogen) atoms. The Bertz CT molecular complexity index is 1040. The minimum absolute atomic E-state index is 0.145. The summed E-state index contributed by atoms with van der Waals surface area (Å²) < 4.78 is 2.06. The lowest BCUT2D eigenvalue weighted by Crippen LogP contribution is -2.34. The van der Waals surface area contributed by atoms with Gasteiger partial charge in [-0.2, -0.15) is 0 Å². The van der Waals surface area contributed by atoms with Crippen LogP contribution in [0.2, 0.25) is 0 Å². The number of nitrogens with zero attached hydrogens (tertiary/aromatic N) is 3. The Labute approximate surface area is 157 Å². The van der Waals surface area contributed by atoms with Crippen LogP contribution in [0.3, 0.4) is 0 Å². The van der Waals surface area contributed by atoms with E-state index in [2.05, 4.69) is 9.55 Å². The van der Waals surface area contributed by atoms with Crippen molar-refractivity contribution in [1.29, 1.82) is 0 Å². The van der Waals surface area contributed by atoms with Gasteiger partial charge in [-0.25, -0.2) is 4.98 Å². The lowest BCUT2D eigenvalue weighted by molar-refractivity contribution is -0.147. The number of imidazole rings is 1. The van der Waals surface area contributed by atoms with Crippen LogP contribution in [-0.4, -0.2) is 44.5 Å². The van der Waals surface area contributed by atoms with Crippen molar-refractivity contribution in [2.75, 3.05) is 13.1 Å². The number of rotatable bonds is 3. The van der Waals surface area contributed by atoms with E-state index in [9.17, 15) is 14.7 Å². The second-order valence-corrected chi connectivity index (χ2v) is 7.38. The summed E-state index contributed by atoms with van der Waals surface area (Å²) in [4.78, 5) is 30.5. The third kappa shape index (κ3) is 2.87.